The van der Waals surface area contributed by atoms with Crippen LogP contribution < -0.4 is 5.48 Å². The normalized spacial score (nSPS) is 11.9. The van der Waals surface area contributed by atoms with Gasteiger partial charge >= 0.3 is 5.97 Å². The molecule has 4 heteroatoms. The molecule has 0 heterocycles. The lowest BCUT2D eigenvalue weighted by Gasteiger charge is -2.17. The number of benzene rings is 2. The first-order valence-electron chi connectivity index (χ1n) is 6.94. The van der Waals surface area contributed by atoms with Crippen LogP contribution in [0.25, 0.3) is 0 Å². The fourth-order valence-corrected chi connectivity index (χ4v) is 1.91. The maximum absolute atomic E-state index is 12.0. The lowest BCUT2D eigenvalue weighted by molar-refractivity contribution is -0.151. The molecule has 0 aliphatic carbocycles. The van der Waals surface area contributed by atoms with E-state index in [9.17, 15) is 4.79 Å². The van der Waals surface area contributed by atoms with Crippen molar-refractivity contribution in [3.05, 3.63) is 71.8 Å². The van der Waals surface area contributed by atoms with Gasteiger partial charge in [-0.05, 0) is 18.1 Å². The number of hydroxylamine groups is 1. The molecule has 2 aromatic rings. The SMILES string of the molecule is CCOC(=O)C(NOCc1ccccc1)c1ccccc1. The molecule has 0 amide bonds. The van der Waals surface area contributed by atoms with Gasteiger partial charge in [0.1, 0.15) is 0 Å². The molecule has 0 radical (unpaired) electrons. The topological polar surface area (TPSA) is 47.6 Å². The molecule has 110 valence electrons. The quantitative estimate of drug-likeness (QED) is 0.627. The van der Waals surface area contributed by atoms with E-state index in [2.05, 4.69) is 5.48 Å². The van der Waals surface area contributed by atoms with Crippen molar-refractivity contribution in [3.63, 3.8) is 0 Å². The molecule has 1 atom stereocenters. The number of carbonyl (C=O) groups excluding carboxylic acids is 1. The Bertz CT molecular complexity index is 542. The van der Waals surface area contributed by atoms with Gasteiger partial charge in [-0.3, -0.25) is 4.84 Å². The first kappa shape index (κ1) is 15.2. The highest BCUT2D eigenvalue weighted by Crippen LogP contribution is 2.15. The monoisotopic (exact) mass is 285 g/mol. The molecule has 0 saturated heterocycles. The van der Waals surface area contributed by atoms with E-state index < -0.39 is 6.04 Å². The van der Waals surface area contributed by atoms with Crippen LogP contribution in [0.1, 0.15) is 24.1 Å². The fraction of sp³-hybridized carbons (Fsp3) is 0.235. The molecule has 4 nitrogen and oxygen atoms in total. The maximum Gasteiger partial charge on any atom is 0.330 e. The van der Waals surface area contributed by atoms with Gasteiger partial charge in [0.2, 0.25) is 0 Å². The van der Waals surface area contributed by atoms with Crippen molar-refractivity contribution >= 4 is 5.97 Å². The van der Waals surface area contributed by atoms with Gasteiger partial charge in [0.05, 0.1) is 13.2 Å². The maximum atomic E-state index is 12.0. The number of esters is 1. The van der Waals surface area contributed by atoms with Crippen LogP contribution in [-0.2, 0) is 21.0 Å². The van der Waals surface area contributed by atoms with Gasteiger partial charge < -0.3 is 4.74 Å². The van der Waals surface area contributed by atoms with Crippen LogP contribution in [0.5, 0.6) is 0 Å². The summed E-state index contributed by atoms with van der Waals surface area (Å²) in [6.45, 7) is 2.50. The van der Waals surface area contributed by atoms with E-state index in [0.717, 1.165) is 11.1 Å². The summed E-state index contributed by atoms with van der Waals surface area (Å²) in [6, 6.07) is 18.5. The molecule has 1 N–H and O–H groups in total. The second-order valence-corrected chi connectivity index (χ2v) is 4.49. The molecule has 0 saturated carbocycles. The van der Waals surface area contributed by atoms with Crippen LogP contribution >= 0.6 is 0 Å². The molecule has 0 aliphatic heterocycles. The highest BCUT2D eigenvalue weighted by atomic mass is 16.6. The Morgan fingerprint density at radius 1 is 1.05 bits per heavy atom. The van der Waals surface area contributed by atoms with Gasteiger partial charge in [-0.1, -0.05) is 60.7 Å². The van der Waals surface area contributed by atoms with E-state index in [1.807, 2.05) is 60.7 Å². The van der Waals surface area contributed by atoms with Crippen molar-refractivity contribution in [2.75, 3.05) is 6.61 Å². The Hall–Kier alpha value is -2.17. The molecule has 21 heavy (non-hydrogen) atoms. The van der Waals surface area contributed by atoms with Gasteiger partial charge in [-0.2, -0.15) is 5.48 Å². The Kier molecular flexibility index (Phi) is 5.94. The van der Waals surface area contributed by atoms with E-state index in [1.165, 1.54) is 0 Å². The standard InChI is InChI=1S/C17H19NO3/c1-2-20-17(19)16(15-11-7-4-8-12-15)18-21-13-14-9-5-3-6-10-14/h3-12,16,18H,2,13H2,1H3. The van der Waals surface area contributed by atoms with Gasteiger partial charge in [0.25, 0.3) is 0 Å². The van der Waals surface area contributed by atoms with E-state index >= 15 is 0 Å². The van der Waals surface area contributed by atoms with Crippen LogP contribution in [0.15, 0.2) is 60.7 Å². The zero-order valence-corrected chi connectivity index (χ0v) is 12.0. The zero-order valence-electron chi connectivity index (χ0n) is 12.0. The summed E-state index contributed by atoms with van der Waals surface area (Å²) in [4.78, 5) is 17.5. The Labute approximate surface area is 124 Å². The average Bonchev–Trinajstić information content (AvgIpc) is 2.53. The predicted octanol–water partition coefficient (Wildman–Crippen LogP) is 3.01. The third kappa shape index (κ3) is 4.70. The summed E-state index contributed by atoms with van der Waals surface area (Å²) >= 11 is 0. The molecular formula is C17H19NO3. The van der Waals surface area contributed by atoms with Crippen molar-refractivity contribution in [2.45, 2.75) is 19.6 Å². The summed E-state index contributed by atoms with van der Waals surface area (Å²) in [5.41, 5.74) is 4.63. The lowest BCUT2D eigenvalue weighted by Crippen LogP contribution is -2.30. The van der Waals surface area contributed by atoms with Crippen LogP contribution in [0, 0.1) is 0 Å². The average molecular weight is 285 g/mol. The second kappa shape index (κ2) is 8.19. The smallest absolute Gasteiger partial charge is 0.330 e. The minimum Gasteiger partial charge on any atom is -0.465 e. The largest absolute Gasteiger partial charge is 0.465 e. The Morgan fingerprint density at radius 2 is 1.67 bits per heavy atom. The Morgan fingerprint density at radius 3 is 2.29 bits per heavy atom. The third-order valence-corrected chi connectivity index (χ3v) is 2.94. The molecule has 0 aliphatic rings. The molecule has 1 unspecified atom stereocenters. The highest BCUT2D eigenvalue weighted by molar-refractivity contribution is 5.77. The first-order chi connectivity index (χ1) is 10.3. The van der Waals surface area contributed by atoms with Gasteiger partial charge in [-0.25, -0.2) is 4.79 Å². The van der Waals surface area contributed by atoms with Gasteiger partial charge in [0.15, 0.2) is 6.04 Å². The van der Waals surface area contributed by atoms with E-state index in [0.29, 0.717) is 13.2 Å². The molecule has 0 spiro atoms. The third-order valence-electron chi connectivity index (χ3n) is 2.94. The number of ether oxygens (including phenoxy) is 1. The van der Waals surface area contributed by atoms with Crippen molar-refractivity contribution in [3.8, 4) is 0 Å². The number of hydrogen-bond acceptors (Lipinski definition) is 4. The molecule has 0 aromatic heterocycles. The summed E-state index contributed by atoms with van der Waals surface area (Å²) in [7, 11) is 0. The first-order valence-corrected chi connectivity index (χ1v) is 6.94. The van der Waals surface area contributed by atoms with Crippen molar-refractivity contribution in [1.82, 2.24) is 5.48 Å². The molecule has 0 bridgehead atoms. The summed E-state index contributed by atoms with van der Waals surface area (Å²) < 4.78 is 5.08. The minimum absolute atomic E-state index is 0.336. The molecule has 0 fully saturated rings. The fourth-order valence-electron chi connectivity index (χ4n) is 1.91. The van der Waals surface area contributed by atoms with Crippen molar-refractivity contribution < 1.29 is 14.4 Å². The van der Waals surface area contributed by atoms with Crippen LogP contribution in [0.2, 0.25) is 0 Å². The van der Waals surface area contributed by atoms with Gasteiger partial charge in [0, 0.05) is 0 Å². The number of hydrogen-bond donors (Lipinski definition) is 1. The summed E-state index contributed by atoms with van der Waals surface area (Å²) in [5, 5.41) is 0. The molecular weight excluding hydrogens is 266 g/mol. The summed E-state index contributed by atoms with van der Waals surface area (Å²) in [5.74, 6) is -0.350. The van der Waals surface area contributed by atoms with Crippen LogP contribution in [0.4, 0.5) is 0 Å². The van der Waals surface area contributed by atoms with Crippen LogP contribution in [-0.4, -0.2) is 12.6 Å². The van der Waals surface area contributed by atoms with Gasteiger partial charge in [-0.15, -0.1) is 0 Å². The lowest BCUT2D eigenvalue weighted by atomic mass is 10.1. The van der Waals surface area contributed by atoms with Crippen molar-refractivity contribution in [2.24, 2.45) is 0 Å². The zero-order chi connectivity index (χ0) is 14.9. The number of nitrogens with one attached hydrogen (secondary N) is 1. The Balaban J connectivity index is 1.98. The predicted molar refractivity (Wildman–Crippen MR) is 80.2 cm³/mol. The minimum atomic E-state index is -0.630. The second-order valence-electron chi connectivity index (χ2n) is 4.49. The summed E-state index contributed by atoms with van der Waals surface area (Å²) in [6.07, 6.45) is 0. The molecule has 2 aromatic carbocycles. The van der Waals surface area contributed by atoms with E-state index in [-0.39, 0.29) is 5.97 Å². The van der Waals surface area contributed by atoms with E-state index in [1.54, 1.807) is 6.92 Å². The number of carbonyl (C=O) groups is 1. The van der Waals surface area contributed by atoms with Crippen LogP contribution in [0.3, 0.4) is 0 Å². The highest BCUT2D eigenvalue weighted by Gasteiger charge is 2.21. The van der Waals surface area contributed by atoms with Crippen molar-refractivity contribution in [1.29, 1.82) is 0 Å². The molecule has 2 rings (SSSR count). The number of rotatable bonds is 7. The van der Waals surface area contributed by atoms with E-state index in [4.69, 9.17) is 9.57 Å².